The van der Waals surface area contributed by atoms with Crippen molar-refractivity contribution in [3.8, 4) is 5.75 Å². The average Bonchev–Trinajstić information content (AvgIpc) is 3.06. The van der Waals surface area contributed by atoms with Crippen LogP contribution in [0.15, 0.2) is 23.2 Å². The third-order valence-corrected chi connectivity index (χ3v) is 5.11. The number of benzene rings is 1. The van der Waals surface area contributed by atoms with Crippen LogP contribution in [0.5, 0.6) is 5.75 Å². The molecule has 0 saturated carbocycles. The minimum atomic E-state index is 0.179. The number of nitrogens with one attached hydrogen (secondary N) is 2. The molecule has 1 unspecified atom stereocenters. The normalized spacial score (nSPS) is 22.1. The second-order valence-electron chi connectivity index (χ2n) is 7.39. The van der Waals surface area contributed by atoms with Crippen LogP contribution in [0.1, 0.15) is 20.3 Å². The third kappa shape index (κ3) is 4.54. The Bertz CT molecular complexity index is 648. The van der Waals surface area contributed by atoms with Gasteiger partial charge in [-0.2, -0.15) is 0 Å². The molecular weight excluding hydrogens is 352 g/mol. The van der Waals surface area contributed by atoms with Gasteiger partial charge in [-0.15, -0.1) is 0 Å². The largest absolute Gasteiger partial charge is 0.495 e. The molecule has 2 aliphatic rings. The summed E-state index contributed by atoms with van der Waals surface area (Å²) in [5.41, 5.74) is 1.23. The molecule has 0 amide bonds. The molecule has 6 nitrogen and oxygen atoms in total. The highest BCUT2D eigenvalue weighted by atomic mass is 35.5. The maximum absolute atomic E-state index is 6.18. The van der Waals surface area contributed by atoms with Crippen molar-refractivity contribution in [3.63, 3.8) is 0 Å². The van der Waals surface area contributed by atoms with Gasteiger partial charge in [0, 0.05) is 36.1 Å². The second-order valence-corrected chi connectivity index (χ2v) is 7.83. The van der Waals surface area contributed by atoms with Crippen LogP contribution in [0.4, 0.5) is 5.69 Å². The van der Waals surface area contributed by atoms with Crippen LogP contribution in [-0.4, -0.2) is 58.5 Å². The zero-order valence-corrected chi connectivity index (χ0v) is 16.6. The quantitative estimate of drug-likeness (QED) is 0.586. The van der Waals surface area contributed by atoms with Crippen LogP contribution in [0.2, 0.25) is 5.02 Å². The number of anilines is 1. The van der Waals surface area contributed by atoms with E-state index in [-0.39, 0.29) is 5.41 Å². The summed E-state index contributed by atoms with van der Waals surface area (Å²) >= 11 is 6.18. The predicted octanol–water partition coefficient (Wildman–Crippen LogP) is 2.52. The highest BCUT2D eigenvalue weighted by Gasteiger charge is 2.33. The Labute approximate surface area is 160 Å². The Hall–Kier alpha value is -1.66. The molecule has 1 atom stereocenters. The fourth-order valence-electron chi connectivity index (χ4n) is 3.33. The van der Waals surface area contributed by atoms with Crippen molar-refractivity contribution in [2.24, 2.45) is 10.4 Å². The first-order valence-electron chi connectivity index (χ1n) is 9.24. The van der Waals surface area contributed by atoms with E-state index < -0.39 is 0 Å². The monoisotopic (exact) mass is 380 g/mol. The van der Waals surface area contributed by atoms with Gasteiger partial charge >= 0.3 is 0 Å². The number of hydrogen-bond donors (Lipinski definition) is 2. The van der Waals surface area contributed by atoms with Gasteiger partial charge in [-0.3, -0.25) is 4.99 Å². The maximum Gasteiger partial charge on any atom is 0.191 e. The molecule has 2 heterocycles. The number of aliphatic imine (C=N–C) groups is 1. The zero-order valence-electron chi connectivity index (χ0n) is 15.8. The van der Waals surface area contributed by atoms with Crippen molar-refractivity contribution in [1.29, 1.82) is 0 Å². The third-order valence-electron chi connectivity index (χ3n) is 4.87. The van der Waals surface area contributed by atoms with E-state index in [2.05, 4.69) is 29.4 Å². The Balaban J connectivity index is 1.62. The molecule has 2 saturated heterocycles. The van der Waals surface area contributed by atoms with E-state index >= 15 is 0 Å². The van der Waals surface area contributed by atoms with Crippen molar-refractivity contribution in [2.75, 3.05) is 51.4 Å². The molecule has 2 N–H and O–H groups in total. The number of rotatable bonds is 6. The number of halogens is 1. The Morgan fingerprint density at radius 1 is 1.46 bits per heavy atom. The predicted molar refractivity (Wildman–Crippen MR) is 107 cm³/mol. The summed E-state index contributed by atoms with van der Waals surface area (Å²) < 4.78 is 10.8. The summed E-state index contributed by atoms with van der Waals surface area (Å²) in [5.74, 6) is 1.74. The molecule has 1 aromatic carbocycles. The Morgan fingerprint density at radius 3 is 2.92 bits per heavy atom. The van der Waals surface area contributed by atoms with Gasteiger partial charge in [0.1, 0.15) is 5.75 Å². The van der Waals surface area contributed by atoms with E-state index in [4.69, 9.17) is 26.1 Å². The number of methoxy groups -OCH3 is 1. The van der Waals surface area contributed by atoms with Crippen LogP contribution < -0.4 is 20.3 Å². The van der Waals surface area contributed by atoms with Crippen LogP contribution in [0.3, 0.4) is 0 Å². The minimum Gasteiger partial charge on any atom is -0.495 e. The molecule has 7 heteroatoms. The van der Waals surface area contributed by atoms with E-state index in [9.17, 15) is 0 Å². The lowest BCUT2D eigenvalue weighted by Gasteiger charge is -2.36. The summed E-state index contributed by atoms with van der Waals surface area (Å²) in [6, 6.07) is 6.09. The molecule has 0 radical (unpaired) electrons. The van der Waals surface area contributed by atoms with Gasteiger partial charge in [0.05, 0.1) is 32.6 Å². The number of hydrogen-bond acceptors (Lipinski definition) is 4. The van der Waals surface area contributed by atoms with E-state index in [1.54, 1.807) is 7.11 Å². The summed E-state index contributed by atoms with van der Waals surface area (Å²) in [6.45, 7) is 9.36. The fourth-order valence-corrected chi connectivity index (χ4v) is 3.50. The molecule has 144 valence electrons. The summed E-state index contributed by atoms with van der Waals surface area (Å²) in [5, 5.41) is 7.65. The lowest BCUT2D eigenvalue weighted by Crippen LogP contribution is -2.47. The Kier molecular flexibility index (Phi) is 6.14. The molecule has 0 bridgehead atoms. The van der Waals surface area contributed by atoms with Crippen LogP contribution in [0.25, 0.3) is 0 Å². The minimum absolute atomic E-state index is 0.179. The van der Waals surface area contributed by atoms with Gasteiger partial charge in [0.2, 0.25) is 0 Å². The van der Waals surface area contributed by atoms with Crippen molar-refractivity contribution >= 4 is 23.2 Å². The molecule has 0 aliphatic carbocycles. The number of ether oxygens (including phenoxy) is 2. The fraction of sp³-hybridized carbons (Fsp3) is 0.632. The van der Waals surface area contributed by atoms with Gasteiger partial charge in [-0.05, 0) is 31.5 Å². The number of nitrogens with zero attached hydrogens (tertiary/aromatic N) is 2. The van der Waals surface area contributed by atoms with E-state index in [1.807, 2.05) is 18.2 Å². The van der Waals surface area contributed by atoms with Gasteiger partial charge < -0.3 is 25.0 Å². The lowest BCUT2D eigenvalue weighted by molar-refractivity contribution is -0.0945. The summed E-state index contributed by atoms with van der Waals surface area (Å²) in [6.07, 6.45) is 1.04. The first kappa shape index (κ1) is 19.1. The van der Waals surface area contributed by atoms with Crippen molar-refractivity contribution in [2.45, 2.75) is 26.3 Å². The van der Waals surface area contributed by atoms with E-state index in [1.165, 1.54) is 0 Å². The topological polar surface area (TPSA) is 58.1 Å². The maximum atomic E-state index is 6.18. The summed E-state index contributed by atoms with van der Waals surface area (Å²) in [7, 11) is 1.69. The van der Waals surface area contributed by atoms with Crippen LogP contribution in [-0.2, 0) is 4.74 Å². The summed E-state index contributed by atoms with van der Waals surface area (Å²) in [4.78, 5) is 7.08. The SMILES string of the molecule is CCNC(=NCC1(C)COC1)NC1CCN(c2cc(Cl)ccc2OC)C1. The molecule has 2 fully saturated rings. The smallest absolute Gasteiger partial charge is 0.191 e. The molecule has 26 heavy (non-hydrogen) atoms. The molecule has 1 aromatic rings. The van der Waals surface area contributed by atoms with Crippen molar-refractivity contribution in [3.05, 3.63) is 23.2 Å². The molecule has 3 rings (SSSR count). The van der Waals surface area contributed by atoms with Crippen molar-refractivity contribution in [1.82, 2.24) is 10.6 Å². The lowest BCUT2D eigenvalue weighted by atomic mass is 9.89. The second kappa shape index (κ2) is 8.35. The van der Waals surface area contributed by atoms with Crippen LogP contribution in [0, 0.1) is 5.41 Å². The van der Waals surface area contributed by atoms with E-state index in [0.717, 1.165) is 68.2 Å². The van der Waals surface area contributed by atoms with Crippen LogP contribution >= 0.6 is 11.6 Å². The molecule has 2 aliphatic heterocycles. The molecule has 0 spiro atoms. The van der Waals surface area contributed by atoms with Gasteiger partial charge in [0.15, 0.2) is 5.96 Å². The average molecular weight is 381 g/mol. The van der Waals surface area contributed by atoms with Gasteiger partial charge in [-0.1, -0.05) is 18.5 Å². The zero-order chi connectivity index (χ0) is 18.6. The van der Waals surface area contributed by atoms with Crippen molar-refractivity contribution < 1.29 is 9.47 Å². The highest BCUT2D eigenvalue weighted by molar-refractivity contribution is 6.30. The first-order chi connectivity index (χ1) is 12.5. The van der Waals surface area contributed by atoms with E-state index in [0.29, 0.717) is 6.04 Å². The number of guanidine groups is 1. The molecular formula is C19H29ClN4O2. The van der Waals surface area contributed by atoms with Gasteiger partial charge in [0.25, 0.3) is 0 Å². The molecule has 0 aromatic heterocycles. The van der Waals surface area contributed by atoms with Gasteiger partial charge in [-0.25, -0.2) is 0 Å². The highest BCUT2D eigenvalue weighted by Crippen LogP contribution is 2.33. The first-order valence-corrected chi connectivity index (χ1v) is 9.62. The standard InChI is InChI=1S/C19H29ClN4O2/c1-4-21-18(22-11-19(2)12-26-13-19)23-15-7-8-24(10-15)16-9-14(20)5-6-17(16)25-3/h5-6,9,15H,4,7-8,10-13H2,1-3H3,(H2,21,22,23). The Morgan fingerprint density at radius 2 is 2.27 bits per heavy atom.